The second-order valence-corrected chi connectivity index (χ2v) is 4.94. The third kappa shape index (κ3) is 4.58. The van der Waals surface area contributed by atoms with E-state index in [1.54, 1.807) is 0 Å². The molecule has 0 unspecified atom stereocenters. The van der Waals surface area contributed by atoms with Crippen LogP contribution in [0.5, 0.6) is 0 Å². The largest absolute Gasteiger partial charge is 0.377 e. The van der Waals surface area contributed by atoms with Crippen molar-refractivity contribution in [2.75, 3.05) is 19.0 Å². The molecule has 0 aromatic heterocycles. The van der Waals surface area contributed by atoms with Gasteiger partial charge in [-0.15, -0.1) is 0 Å². The van der Waals surface area contributed by atoms with E-state index in [0.717, 1.165) is 6.42 Å². The summed E-state index contributed by atoms with van der Waals surface area (Å²) in [5.74, 6) is 0. The smallest absolute Gasteiger partial charge is 0.0390 e. The minimum atomic E-state index is 1.09. The van der Waals surface area contributed by atoms with Gasteiger partial charge in [0.1, 0.15) is 0 Å². The van der Waals surface area contributed by atoms with Crippen LogP contribution in [0.4, 0.5) is 5.69 Å². The van der Waals surface area contributed by atoms with Crippen LogP contribution < -0.4 is 4.90 Å². The third-order valence-electron chi connectivity index (χ3n) is 3.25. The topological polar surface area (TPSA) is 3.24 Å². The van der Waals surface area contributed by atoms with Gasteiger partial charge in [-0.25, -0.2) is 0 Å². The average molecular weight is 267 g/mol. The molecule has 2 aromatic carbocycles. The number of anilines is 1. The van der Waals surface area contributed by atoms with E-state index in [2.05, 4.69) is 81.9 Å². The summed E-state index contributed by atoms with van der Waals surface area (Å²) in [5, 5.41) is 0. The van der Waals surface area contributed by atoms with Gasteiger partial charge in [-0.2, -0.15) is 0 Å². The van der Waals surface area contributed by atoms with Gasteiger partial charge in [0.2, 0.25) is 0 Å². The van der Waals surface area contributed by atoms with Gasteiger partial charge in [-0.3, -0.25) is 0 Å². The van der Waals surface area contributed by atoms with Crippen molar-refractivity contribution in [3.05, 3.63) is 71.8 Å². The van der Waals surface area contributed by atoms with E-state index >= 15 is 0 Å². The van der Waals surface area contributed by atoms with Crippen LogP contribution in [0.25, 0.3) is 6.08 Å². The lowest BCUT2D eigenvalue weighted by molar-refractivity contribution is 1.11. The maximum atomic E-state index is 3.74. The Morgan fingerprint density at radius 1 is 1.00 bits per heavy atom. The highest BCUT2D eigenvalue weighted by Crippen LogP contribution is 2.15. The van der Waals surface area contributed by atoms with E-state index < -0.39 is 0 Å². The van der Waals surface area contributed by atoms with Crippen LogP contribution in [0.3, 0.4) is 0 Å². The molecule has 0 atom stereocenters. The second-order valence-electron chi connectivity index (χ2n) is 4.94. The highest BCUT2D eigenvalue weighted by atomic mass is 15.1. The van der Waals surface area contributed by atoms with Crippen molar-refractivity contribution in [3.8, 4) is 0 Å². The Morgan fingerprint density at radius 2 is 1.60 bits per heavy atom. The predicted molar refractivity (Wildman–Crippen MR) is 91.4 cm³/mol. The summed E-state index contributed by atoms with van der Waals surface area (Å²) in [6.07, 6.45) is 2.99. The molecule has 1 heteroatoms. The SMILES string of the molecule is C=Cc1ccccc1CC.Cc1ccccc1N(C)C. The van der Waals surface area contributed by atoms with E-state index in [9.17, 15) is 0 Å². The Bertz CT molecular complexity index is 541. The lowest BCUT2D eigenvalue weighted by Gasteiger charge is -2.14. The Morgan fingerprint density at radius 3 is 2.05 bits per heavy atom. The molecule has 0 bridgehead atoms. The highest BCUT2D eigenvalue weighted by Gasteiger charge is 1.95. The summed E-state index contributed by atoms with van der Waals surface area (Å²) in [6, 6.07) is 16.7. The van der Waals surface area contributed by atoms with Crippen LogP contribution in [0.15, 0.2) is 55.1 Å². The molecule has 0 fully saturated rings. The Labute approximate surface area is 123 Å². The summed E-state index contributed by atoms with van der Waals surface area (Å²) in [6.45, 7) is 8.02. The third-order valence-corrected chi connectivity index (χ3v) is 3.25. The number of hydrogen-bond donors (Lipinski definition) is 0. The molecule has 0 aliphatic rings. The molecule has 0 aliphatic carbocycles. The van der Waals surface area contributed by atoms with Crippen LogP contribution >= 0.6 is 0 Å². The average Bonchev–Trinajstić information content (AvgIpc) is 2.48. The lowest BCUT2D eigenvalue weighted by atomic mass is 10.1. The molecule has 0 N–H and O–H groups in total. The number of nitrogens with zero attached hydrogens (tertiary/aromatic N) is 1. The minimum absolute atomic E-state index is 1.09. The molecule has 0 amide bonds. The number of benzene rings is 2. The van der Waals surface area contributed by atoms with Crippen LogP contribution in [-0.2, 0) is 6.42 Å². The first-order valence-electron chi connectivity index (χ1n) is 7.03. The molecule has 2 rings (SSSR count). The molecule has 0 aliphatic heterocycles. The fourth-order valence-electron chi connectivity index (χ4n) is 2.12. The van der Waals surface area contributed by atoms with Crippen molar-refractivity contribution >= 4 is 11.8 Å². The van der Waals surface area contributed by atoms with Gasteiger partial charge in [0.05, 0.1) is 0 Å². The molecular weight excluding hydrogens is 242 g/mol. The van der Waals surface area contributed by atoms with Crippen molar-refractivity contribution < 1.29 is 0 Å². The molecular formula is C19H25N. The van der Waals surface area contributed by atoms with Gasteiger partial charge >= 0.3 is 0 Å². The van der Waals surface area contributed by atoms with Crippen LogP contribution in [0, 0.1) is 6.92 Å². The fraction of sp³-hybridized carbons (Fsp3) is 0.263. The summed E-state index contributed by atoms with van der Waals surface area (Å²) in [7, 11) is 4.12. The number of para-hydroxylation sites is 1. The first kappa shape index (κ1) is 16.0. The molecule has 106 valence electrons. The Balaban J connectivity index is 0.000000200. The summed E-state index contributed by atoms with van der Waals surface area (Å²) < 4.78 is 0. The van der Waals surface area contributed by atoms with Crippen LogP contribution in [-0.4, -0.2) is 14.1 Å². The van der Waals surface area contributed by atoms with Gasteiger partial charge in [-0.1, -0.05) is 62.0 Å². The Hall–Kier alpha value is -2.02. The van der Waals surface area contributed by atoms with Crippen molar-refractivity contribution in [2.45, 2.75) is 20.3 Å². The number of aryl methyl sites for hydroxylation is 2. The van der Waals surface area contributed by atoms with Gasteiger partial charge in [0.15, 0.2) is 0 Å². The van der Waals surface area contributed by atoms with Crippen molar-refractivity contribution in [1.82, 2.24) is 0 Å². The number of hydrogen-bond acceptors (Lipinski definition) is 1. The molecule has 1 nitrogen and oxygen atoms in total. The Kier molecular flexibility index (Phi) is 6.58. The predicted octanol–water partition coefficient (Wildman–Crippen LogP) is 4.95. The van der Waals surface area contributed by atoms with Gasteiger partial charge in [0, 0.05) is 19.8 Å². The summed E-state index contributed by atoms with van der Waals surface area (Å²) in [5.41, 5.74) is 5.25. The monoisotopic (exact) mass is 267 g/mol. The summed E-state index contributed by atoms with van der Waals surface area (Å²) >= 11 is 0. The van der Waals surface area contributed by atoms with Crippen LogP contribution in [0.2, 0.25) is 0 Å². The fourth-order valence-corrected chi connectivity index (χ4v) is 2.12. The maximum absolute atomic E-state index is 3.74. The zero-order chi connectivity index (χ0) is 15.0. The molecule has 0 spiro atoms. The van der Waals surface area contributed by atoms with Crippen molar-refractivity contribution in [3.63, 3.8) is 0 Å². The van der Waals surface area contributed by atoms with Crippen molar-refractivity contribution in [1.29, 1.82) is 0 Å². The quantitative estimate of drug-likeness (QED) is 0.760. The molecule has 0 radical (unpaired) electrons. The first-order valence-corrected chi connectivity index (χ1v) is 7.03. The van der Waals surface area contributed by atoms with E-state index in [1.807, 2.05) is 12.1 Å². The molecule has 0 saturated carbocycles. The zero-order valence-electron chi connectivity index (χ0n) is 13.1. The second kappa shape index (κ2) is 8.21. The standard InChI is InChI=1S/C10H12.C9H13N/c1-3-9-7-5-6-8-10(9)4-2;1-8-6-4-5-7-9(8)10(2)3/h3,5-8H,1,4H2,2H3;4-7H,1-3H3. The van der Waals surface area contributed by atoms with E-state index in [1.165, 1.54) is 22.4 Å². The van der Waals surface area contributed by atoms with E-state index in [4.69, 9.17) is 0 Å². The molecule has 0 heterocycles. The normalized spacial score (nSPS) is 9.40. The molecule has 0 saturated heterocycles. The van der Waals surface area contributed by atoms with Gasteiger partial charge in [-0.05, 0) is 36.1 Å². The first-order chi connectivity index (χ1) is 9.60. The molecule has 20 heavy (non-hydrogen) atoms. The van der Waals surface area contributed by atoms with Crippen molar-refractivity contribution in [2.24, 2.45) is 0 Å². The van der Waals surface area contributed by atoms with E-state index in [0.29, 0.717) is 0 Å². The molecule has 2 aromatic rings. The zero-order valence-corrected chi connectivity index (χ0v) is 13.1. The van der Waals surface area contributed by atoms with Crippen LogP contribution in [0.1, 0.15) is 23.6 Å². The number of rotatable bonds is 3. The maximum Gasteiger partial charge on any atom is 0.0390 e. The van der Waals surface area contributed by atoms with Gasteiger partial charge in [0.25, 0.3) is 0 Å². The van der Waals surface area contributed by atoms with E-state index in [-0.39, 0.29) is 0 Å². The lowest BCUT2D eigenvalue weighted by Crippen LogP contribution is -2.09. The minimum Gasteiger partial charge on any atom is -0.377 e. The van der Waals surface area contributed by atoms with Gasteiger partial charge < -0.3 is 4.90 Å². The highest BCUT2D eigenvalue weighted by molar-refractivity contribution is 5.52. The summed E-state index contributed by atoms with van der Waals surface area (Å²) in [4.78, 5) is 2.12.